The lowest BCUT2D eigenvalue weighted by atomic mass is 9.85. The molecule has 0 aromatic carbocycles. The van der Waals surface area contributed by atoms with Gasteiger partial charge in [0.2, 0.25) is 23.5 Å². The van der Waals surface area contributed by atoms with E-state index >= 15 is 0 Å². The summed E-state index contributed by atoms with van der Waals surface area (Å²) in [5, 5.41) is 8.32. The highest BCUT2D eigenvalue weighted by Crippen LogP contribution is 2.65. The van der Waals surface area contributed by atoms with Gasteiger partial charge >= 0.3 is 6.03 Å². The van der Waals surface area contributed by atoms with E-state index < -0.39 is 59.1 Å². The Morgan fingerprint density at radius 1 is 0.977 bits per heavy atom. The molecule has 6 atom stereocenters. The third-order valence-electron chi connectivity index (χ3n) is 9.63. The van der Waals surface area contributed by atoms with Crippen LogP contribution in [0.15, 0.2) is 0 Å². The average molecular weight is 605 g/mol. The van der Waals surface area contributed by atoms with Crippen LogP contribution in [-0.2, 0) is 24.0 Å². The predicted octanol–water partition coefficient (Wildman–Crippen LogP) is 1.41. The lowest BCUT2D eigenvalue weighted by molar-refractivity contribution is -0.145. The highest BCUT2D eigenvalue weighted by molar-refractivity contribution is 6.37. The fourth-order valence-corrected chi connectivity index (χ4v) is 6.28. The van der Waals surface area contributed by atoms with E-state index in [1.807, 2.05) is 62.3 Å². The molecule has 43 heavy (non-hydrogen) atoms. The molecule has 1 saturated heterocycles. The van der Waals surface area contributed by atoms with Gasteiger partial charge in [0.15, 0.2) is 0 Å². The number of nitrogens with one attached hydrogen (secondary N) is 3. The molecule has 6 amide bonds. The van der Waals surface area contributed by atoms with Gasteiger partial charge in [0.1, 0.15) is 18.1 Å². The summed E-state index contributed by atoms with van der Waals surface area (Å²) in [7, 11) is 1.68. The van der Waals surface area contributed by atoms with Crippen LogP contribution in [-0.4, -0.2) is 89.0 Å². The summed E-state index contributed by atoms with van der Waals surface area (Å²) in [6, 6.07) is -4.42. The van der Waals surface area contributed by atoms with Crippen LogP contribution in [0.4, 0.5) is 4.79 Å². The maximum atomic E-state index is 14.2. The Kier molecular flexibility index (Phi) is 9.92. The second kappa shape index (κ2) is 12.4. The summed E-state index contributed by atoms with van der Waals surface area (Å²) in [6.45, 7) is 17.3. The van der Waals surface area contributed by atoms with Gasteiger partial charge in [-0.1, -0.05) is 61.3 Å². The van der Waals surface area contributed by atoms with Gasteiger partial charge in [0.25, 0.3) is 5.91 Å². The fourth-order valence-electron chi connectivity index (χ4n) is 6.28. The Morgan fingerprint density at radius 2 is 1.56 bits per heavy atom. The second-order valence-electron chi connectivity index (χ2n) is 15.0. The van der Waals surface area contributed by atoms with E-state index in [-0.39, 0.29) is 41.0 Å². The number of piperidine rings is 1. The van der Waals surface area contributed by atoms with Crippen LogP contribution in [0.1, 0.15) is 81.6 Å². The van der Waals surface area contributed by atoms with E-state index in [2.05, 4.69) is 16.0 Å². The van der Waals surface area contributed by atoms with Crippen molar-refractivity contribution in [1.29, 1.82) is 0 Å². The number of hydrogen-bond donors (Lipinski definition) is 4. The molecule has 242 valence electrons. The molecule has 12 heteroatoms. The summed E-state index contributed by atoms with van der Waals surface area (Å²) < 4.78 is 0. The van der Waals surface area contributed by atoms with Crippen molar-refractivity contribution < 1.29 is 28.8 Å². The maximum Gasteiger partial charge on any atom is 0.316 e. The van der Waals surface area contributed by atoms with Gasteiger partial charge in [-0.2, -0.15) is 0 Å². The van der Waals surface area contributed by atoms with Gasteiger partial charge in [0.05, 0.1) is 6.04 Å². The highest BCUT2D eigenvalue weighted by atomic mass is 16.2. The number of amides is 6. The number of nitrogens with zero attached hydrogens (tertiary/aromatic N) is 2. The fraction of sp³-hybridized carbons (Fsp3) is 0.806. The summed E-state index contributed by atoms with van der Waals surface area (Å²) in [5.74, 6) is -3.10. The molecule has 1 heterocycles. The number of likely N-dealkylation sites (N-methyl/N-ethyl adjacent to an activating group) is 1. The summed E-state index contributed by atoms with van der Waals surface area (Å²) in [6.07, 6.45) is 2.17. The molecule has 0 aromatic heterocycles. The Labute approximate surface area is 255 Å². The SMILES string of the molecule is CC(C)[C@H](NC(=O)N[C@H](C(=O)N1C[C@H]2[C@@H]([C@H]1C(=O)NC(CC1CC1)C(=O)C(N)=O)C2(C)C)C(C)(C)C)C(=O)N(C)C(C)C. The molecule has 5 N–H and O–H groups in total. The zero-order valence-corrected chi connectivity index (χ0v) is 27.4. The number of hydrogen-bond acceptors (Lipinski definition) is 6. The second-order valence-corrected chi connectivity index (χ2v) is 15.0. The van der Waals surface area contributed by atoms with Crippen molar-refractivity contribution in [2.75, 3.05) is 13.6 Å². The number of primary amides is 1. The van der Waals surface area contributed by atoms with Crippen LogP contribution in [0.5, 0.6) is 0 Å². The van der Waals surface area contributed by atoms with Crippen molar-refractivity contribution in [3.63, 3.8) is 0 Å². The zero-order chi connectivity index (χ0) is 32.8. The van der Waals surface area contributed by atoms with E-state index in [1.165, 1.54) is 4.90 Å². The smallest absolute Gasteiger partial charge is 0.316 e. The molecule has 12 nitrogen and oxygen atoms in total. The minimum absolute atomic E-state index is 0.0569. The zero-order valence-electron chi connectivity index (χ0n) is 27.4. The molecule has 0 radical (unpaired) electrons. The average Bonchev–Trinajstić information content (AvgIpc) is 3.74. The number of ketones is 1. The number of rotatable bonds is 12. The minimum Gasteiger partial charge on any atom is -0.363 e. The topological polar surface area (TPSA) is 171 Å². The number of nitrogens with two attached hydrogens (primary N) is 1. The Balaban J connectivity index is 1.82. The molecule has 3 fully saturated rings. The van der Waals surface area contributed by atoms with Crippen molar-refractivity contribution >= 4 is 35.4 Å². The number of fused-ring (bicyclic) bond motifs is 1. The maximum absolute atomic E-state index is 14.2. The molecule has 0 aromatic rings. The van der Waals surface area contributed by atoms with Crippen molar-refractivity contribution in [1.82, 2.24) is 25.8 Å². The molecule has 2 aliphatic carbocycles. The van der Waals surface area contributed by atoms with Crippen LogP contribution in [0.3, 0.4) is 0 Å². The van der Waals surface area contributed by atoms with Crippen LogP contribution in [0, 0.1) is 34.5 Å². The molecule has 2 saturated carbocycles. The summed E-state index contributed by atoms with van der Waals surface area (Å²) in [5.41, 5.74) is 4.36. The molecular weight excluding hydrogens is 552 g/mol. The van der Waals surface area contributed by atoms with Gasteiger partial charge in [-0.15, -0.1) is 0 Å². The van der Waals surface area contributed by atoms with Crippen molar-refractivity contribution in [3.8, 4) is 0 Å². The first-order chi connectivity index (χ1) is 19.7. The predicted molar refractivity (Wildman–Crippen MR) is 161 cm³/mol. The summed E-state index contributed by atoms with van der Waals surface area (Å²) >= 11 is 0. The normalized spacial score (nSPS) is 24.5. The number of carbonyl (C=O) groups excluding carboxylic acids is 6. The number of likely N-dealkylation sites (tertiary alicyclic amines) is 1. The van der Waals surface area contributed by atoms with E-state index in [0.717, 1.165) is 12.8 Å². The number of Topliss-reactive ketones (excluding diaryl/α,β-unsaturated/α-hetero) is 1. The quantitative estimate of drug-likeness (QED) is 0.245. The van der Waals surface area contributed by atoms with Gasteiger partial charge in [0, 0.05) is 19.6 Å². The van der Waals surface area contributed by atoms with Crippen LogP contribution in [0.25, 0.3) is 0 Å². The molecule has 0 spiro atoms. The summed E-state index contributed by atoms with van der Waals surface area (Å²) in [4.78, 5) is 81.7. The van der Waals surface area contributed by atoms with E-state index in [0.29, 0.717) is 13.0 Å². The highest BCUT2D eigenvalue weighted by Gasteiger charge is 2.70. The monoisotopic (exact) mass is 604 g/mol. The van der Waals surface area contributed by atoms with E-state index in [9.17, 15) is 28.8 Å². The first kappa shape index (κ1) is 34.3. The van der Waals surface area contributed by atoms with Crippen LogP contribution in [0.2, 0.25) is 0 Å². The molecule has 1 aliphatic heterocycles. The lowest BCUT2D eigenvalue weighted by Gasteiger charge is -2.38. The molecule has 1 unspecified atom stereocenters. The van der Waals surface area contributed by atoms with Crippen LogP contribution < -0.4 is 21.7 Å². The largest absolute Gasteiger partial charge is 0.363 e. The van der Waals surface area contributed by atoms with Crippen molar-refractivity contribution in [3.05, 3.63) is 0 Å². The van der Waals surface area contributed by atoms with Gasteiger partial charge in [-0.05, 0) is 54.8 Å². The van der Waals surface area contributed by atoms with Crippen molar-refractivity contribution in [2.45, 2.75) is 112 Å². The molecular formula is C31H52N6O6. The third-order valence-corrected chi connectivity index (χ3v) is 9.63. The molecule has 3 aliphatic rings. The Bertz CT molecular complexity index is 1140. The number of carbonyl (C=O) groups is 6. The molecule has 3 rings (SSSR count). The van der Waals surface area contributed by atoms with E-state index in [1.54, 1.807) is 11.9 Å². The third kappa shape index (κ3) is 7.49. The molecule has 0 bridgehead atoms. The Hall–Kier alpha value is -3.18. The first-order valence-electron chi connectivity index (χ1n) is 15.5. The first-order valence-corrected chi connectivity index (χ1v) is 15.5. The van der Waals surface area contributed by atoms with Gasteiger partial charge in [-0.25, -0.2) is 4.79 Å². The lowest BCUT2D eigenvalue weighted by Crippen LogP contribution is -2.62. The van der Waals surface area contributed by atoms with E-state index in [4.69, 9.17) is 5.73 Å². The Morgan fingerprint density at radius 3 is 2.02 bits per heavy atom. The van der Waals surface area contributed by atoms with Gasteiger partial charge < -0.3 is 31.5 Å². The van der Waals surface area contributed by atoms with Gasteiger partial charge in [-0.3, -0.25) is 24.0 Å². The minimum atomic E-state index is -1.10. The van der Waals surface area contributed by atoms with Crippen molar-refractivity contribution in [2.24, 2.45) is 40.2 Å². The standard InChI is InChI=1S/C31H52N6O6/c1-15(2)21(27(41)36(10)16(3)4)34-29(43)35-24(30(5,6)7)28(42)37-14-18-20(31(18,8)9)22(37)26(40)33-19(13-17-11-12-17)23(38)25(32)39/h15-22,24H,11-14H2,1-10H3,(H2,32,39)(H,33,40)(H2,34,35,43)/t18-,19?,20-,21-,22-,24+/m0/s1. The van der Waals surface area contributed by atoms with Crippen LogP contribution >= 0.6 is 0 Å². The number of urea groups is 1.